The van der Waals surface area contributed by atoms with E-state index in [0.29, 0.717) is 42.4 Å². The maximum absolute atomic E-state index is 12.5. The van der Waals surface area contributed by atoms with Crippen molar-refractivity contribution in [2.75, 3.05) is 38.4 Å². The van der Waals surface area contributed by atoms with Gasteiger partial charge >= 0.3 is 5.97 Å². The number of anilines is 1. The van der Waals surface area contributed by atoms with Crippen LogP contribution >= 0.6 is 0 Å². The molecule has 0 bridgehead atoms. The van der Waals surface area contributed by atoms with Gasteiger partial charge in [-0.15, -0.1) is 0 Å². The molecule has 29 heavy (non-hydrogen) atoms. The zero-order valence-corrected chi connectivity index (χ0v) is 16.2. The zero-order valence-electron chi connectivity index (χ0n) is 16.2. The minimum atomic E-state index is -0.599. The van der Waals surface area contributed by atoms with E-state index in [4.69, 9.17) is 19.3 Å². The van der Waals surface area contributed by atoms with Crippen LogP contribution in [-0.4, -0.2) is 55.0 Å². The summed E-state index contributed by atoms with van der Waals surface area (Å²) in [5, 5.41) is 11.9. The maximum Gasteiger partial charge on any atom is 0.340 e. The molecule has 8 heteroatoms. The van der Waals surface area contributed by atoms with Crippen LogP contribution in [0.2, 0.25) is 0 Å². The van der Waals surface area contributed by atoms with E-state index < -0.39 is 5.97 Å². The van der Waals surface area contributed by atoms with Crippen LogP contribution in [0.25, 0.3) is 0 Å². The Balaban J connectivity index is 1.58. The molecule has 2 aromatic carbocycles. The summed E-state index contributed by atoms with van der Waals surface area (Å²) in [6.45, 7) is 2.79. The second-order valence-corrected chi connectivity index (χ2v) is 6.37. The van der Waals surface area contributed by atoms with Gasteiger partial charge in [-0.3, -0.25) is 4.79 Å². The molecule has 1 aliphatic heterocycles. The van der Waals surface area contributed by atoms with Crippen molar-refractivity contribution in [2.45, 2.75) is 13.5 Å². The van der Waals surface area contributed by atoms with Crippen molar-refractivity contribution < 1.29 is 28.9 Å². The lowest BCUT2D eigenvalue weighted by Gasteiger charge is -2.21. The van der Waals surface area contributed by atoms with Gasteiger partial charge in [-0.25, -0.2) is 4.79 Å². The molecule has 0 aromatic heterocycles. The molecule has 1 amide bonds. The first-order chi connectivity index (χ1) is 14.1. The van der Waals surface area contributed by atoms with E-state index in [1.165, 1.54) is 0 Å². The molecule has 154 valence electrons. The van der Waals surface area contributed by atoms with Crippen molar-refractivity contribution in [3.63, 3.8) is 0 Å². The van der Waals surface area contributed by atoms with Crippen molar-refractivity contribution in [3.8, 4) is 11.5 Å². The third-order valence-corrected chi connectivity index (χ3v) is 4.45. The van der Waals surface area contributed by atoms with Gasteiger partial charge in [-0.2, -0.15) is 0 Å². The normalized spacial score (nSPS) is 11.8. The van der Waals surface area contributed by atoms with Crippen molar-refractivity contribution in [1.29, 1.82) is 0 Å². The summed E-state index contributed by atoms with van der Waals surface area (Å²) in [6, 6.07) is 12.3. The molecule has 3 rings (SSSR count). The lowest BCUT2D eigenvalue weighted by Crippen LogP contribution is -2.34. The number of nitrogens with one attached hydrogen (secondary N) is 1. The smallest absolute Gasteiger partial charge is 0.340 e. The van der Waals surface area contributed by atoms with Crippen LogP contribution in [0.4, 0.5) is 5.69 Å². The molecule has 0 aliphatic carbocycles. The Morgan fingerprint density at radius 1 is 1.17 bits per heavy atom. The van der Waals surface area contributed by atoms with E-state index in [2.05, 4.69) is 5.32 Å². The number of esters is 1. The summed E-state index contributed by atoms with van der Waals surface area (Å²) in [6.07, 6.45) is 0. The summed E-state index contributed by atoms with van der Waals surface area (Å²) < 4.78 is 15.9. The molecule has 0 fully saturated rings. The quantitative estimate of drug-likeness (QED) is 0.622. The number of hydrogen-bond acceptors (Lipinski definition) is 7. The van der Waals surface area contributed by atoms with E-state index >= 15 is 0 Å². The number of amides is 1. The van der Waals surface area contributed by atoms with Gasteiger partial charge in [-0.1, -0.05) is 18.2 Å². The molecule has 2 aromatic rings. The van der Waals surface area contributed by atoms with Crippen LogP contribution in [-0.2, 0) is 16.1 Å². The number of nitrogens with zero attached hydrogens (tertiary/aromatic N) is 1. The summed E-state index contributed by atoms with van der Waals surface area (Å²) in [5.41, 5.74) is 1.76. The standard InChI is InChI=1S/C21H24N2O6/c1-2-23(12-15-7-8-18-19(11-15)29-14-28-18)20(25)13-27-21(26)16-5-3-4-6-17(16)22-9-10-24/h3-8,11,22,24H,2,9-10,12-14H2,1H3. The number of fused-ring (bicyclic) bond motifs is 1. The van der Waals surface area contributed by atoms with Gasteiger partial charge in [-0.05, 0) is 36.8 Å². The lowest BCUT2D eigenvalue weighted by atomic mass is 10.2. The molecule has 0 saturated heterocycles. The van der Waals surface area contributed by atoms with Gasteiger partial charge in [0.05, 0.1) is 12.2 Å². The number of carbonyl (C=O) groups is 2. The number of benzene rings is 2. The molecule has 0 atom stereocenters. The van der Waals surface area contributed by atoms with Crippen LogP contribution in [0.15, 0.2) is 42.5 Å². The van der Waals surface area contributed by atoms with Crippen molar-refractivity contribution in [3.05, 3.63) is 53.6 Å². The summed E-state index contributed by atoms with van der Waals surface area (Å²) >= 11 is 0. The van der Waals surface area contributed by atoms with Gasteiger partial charge in [0.15, 0.2) is 18.1 Å². The molecule has 8 nitrogen and oxygen atoms in total. The average molecular weight is 400 g/mol. The molecule has 2 N–H and O–H groups in total. The molecular weight excluding hydrogens is 376 g/mol. The lowest BCUT2D eigenvalue weighted by molar-refractivity contribution is -0.134. The molecule has 0 unspecified atom stereocenters. The highest BCUT2D eigenvalue weighted by molar-refractivity contribution is 5.96. The van der Waals surface area contributed by atoms with E-state index in [1.807, 2.05) is 25.1 Å². The summed E-state index contributed by atoms with van der Waals surface area (Å²) in [4.78, 5) is 26.6. The van der Waals surface area contributed by atoms with E-state index in [9.17, 15) is 9.59 Å². The Morgan fingerprint density at radius 3 is 2.76 bits per heavy atom. The van der Waals surface area contributed by atoms with Crippen LogP contribution in [0, 0.1) is 0 Å². The molecule has 1 heterocycles. The number of para-hydroxylation sites is 1. The molecule has 0 radical (unpaired) electrons. The Kier molecular flexibility index (Phi) is 6.91. The van der Waals surface area contributed by atoms with Gasteiger partial charge in [0.1, 0.15) is 0 Å². The number of rotatable bonds is 9. The highest BCUT2D eigenvalue weighted by atomic mass is 16.7. The van der Waals surface area contributed by atoms with Gasteiger partial charge in [0.2, 0.25) is 6.79 Å². The highest BCUT2D eigenvalue weighted by Gasteiger charge is 2.19. The monoisotopic (exact) mass is 400 g/mol. The van der Waals surface area contributed by atoms with Crippen LogP contribution in [0.1, 0.15) is 22.8 Å². The number of carbonyl (C=O) groups excluding carboxylic acids is 2. The first kappa shape index (κ1) is 20.5. The minimum absolute atomic E-state index is 0.0623. The van der Waals surface area contributed by atoms with Gasteiger partial charge in [0, 0.05) is 25.3 Å². The molecule has 0 spiro atoms. The number of likely N-dealkylation sites (N-methyl/N-ethyl adjacent to an activating group) is 1. The Bertz CT molecular complexity index is 870. The van der Waals surface area contributed by atoms with Crippen molar-refractivity contribution in [1.82, 2.24) is 4.90 Å². The third-order valence-electron chi connectivity index (χ3n) is 4.45. The molecule has 1 aliphatic rings. The Hall–Kier alpha value is -3.26. The fourth-order valence-electron chi connectivity index (χ4n) is 2.94. The van der Waals surface area contributed by atoms with E-state index in [-0.39, 0.29) is 25.9 Å². The fourth-order valence-corrected chi connectivity index (χ4v) is 2.94. The second-order valence-electron chi connectivity index (χ2n) is 6.37. The Morgan fingerprint density at radius 2 is 1.97 bits per heavy atom. The van der Waals surface area contributed by atoms with Gasteiger partial charge < -0.3 is 29.5 Å². The topological polar surface area (TPSA) is 97.3 Å². The SMILES string of the molecule is CCN(Cc1ccc2c(c1)OCO2)C(=O)COC(=O)c1ccccc1NCCO. The van der Waals surface area contributed by atoms with Crippen molar-refractivity contribution >= 4 is 17.6 Å². The van der Waals surface area contributed by atoms with Gasteiger partial charge in [0.25, 0.3) is 5.91 Å². The number of hydrogen-bond donors (Lipinski definition) is 2. The average Bonchev–Trinajstić information content (AvgIpc) is 3.22. The number of ether oxygens (including phenoxy) is 3. The van der Waals surface area contributed by atoms with Crippen molar-refractivity contribution in [2.24, 2.45) is 0 Å². The maximum atomic E-state index is 12.5. The largest absolute Gasteiger partial charge is 0.454 e. The fraction of sp³-hybridized carbons (Fsp3) is 0.333. The van der Waals surface area contributed by atoms with E-state index in [1.54, 1.807) is 29.2 Å². The van der Waals surface area contributed by atoms with Crippen LogP contribution in [0.5, 0.6) is 11.5 Å². The second kappa shape index (κ2) is 9.79. The number of aliphatic hydroxyl groups excluding tert-OH is 1. The number of aliphatic hydroxyl groups is 1. The molecular formula is C21H24N2O6. The third kappa shape index (κ3) is 5.17. The zero-order chi connectivity index (χ0) is 20.6. The minimum Gasteiger partial charge on any atom is -0.454 e. The summed E-state index contributed by atoms with van der Waals surface area (Å²) in [5.74, 6) is 0.452. The van der Waals surface area contributed by atoms with Crippen LogP contribution < -0.4 is 14.8 Å². The highest BCUT2D eigenvalue weighted by Crippen LogP contribution is 2.32. The first-order valence-electron chi connectivity index (χ1n) is 9.39. The predicted molar refractivity (Wildman–Crippen MR) is 106 cm³/mol. The molecule has 0 saturated carbocycles. The van der Waals surface area contributed by atoms with E-state index in [0.717, 1.165) is 5.56 Å². The summed E-state index contributed by atoms with van der Waals surface area (Å²) in [7, 11) is 0. The first-order valence-corrected chi connectivity index (χ1v) is 9.39. The Labute approximate surface area is 169 Å². The predicted octanol–water partition coefficient (Wildman–Crippen LogP) is 2.02. The van der Waals surface area contributed by atoms with Crippen LogP contribution in [0.3, 0.4) is 0 Å².